The molecule has 0 aliphatic rings. The van der Waals surface area contributed by atoms with Gasteiger partial charge in [0.15, 0.2) is 12.2 Å². The predicted octanol–water partition coefficient (Wildman–Crippen LogP) is 3.73. The third kappa shape index (κ3) is 2.46. The maximum absolute atomic E-state index is 13.1. The second-order valence-electron chi connectivity index (χ2n) is 3.08. The van der Waals surface area contributed by atoms with E-state index in [-0.39, 0.29) is 10.0 Å². The van der Waals surface area contributed by atoms with Gasteiger partial charge in [0.1, 0.15) is 5.76 Å². The standard InChI is InChI=1S/C10H7Cl2FN2O/c11-8-1-6(2-9(12)10(8)13)15-4-7-3-14-5-16-7/h1-3,5,15H,4H2. The number of benzene rings is 1. The largest absolute Gasteiger partial charge is 0.447 e. The Kier molecular flexibility index (Phi) is 3.31. The lowest BCUT2D eigenvalue weighted by Crippen LogP contribution is -1.98. The summed E-state index contributed by atoms with van der Waals surface area (Å²) in [5.74, 6) is 0.0464. The van der Waals surface area contributed by atoms with Crippen molar-refractivity contribution >= 4 is 28.9 Å². The van der Waals surface area contributed by atoms with Gasteiger partial charge in [0, 0.05) is 5.69 Å². The topological polar surface area (TPSA) is 38.1 Å². The van der Waals surface area contributed by atoms with E-state index in [1.165, 1.54) is 18.5 Å². The quantitative estimate of drug-likeness (QED) is 0.855. The van der Waals surface area contributed by atoms with Crippen LogP contribution >= 0.6 is 23.2 Å². The fourth-order valence-electron chi connectivity index (χ4n) is 1.18. The number of hydrogen-bond donors (Lipinski definition) is 1. The van der Waals surface area contributed by atoms with Gasteiger partial charge < -0.3 is 9.73 Å². The van der Waals surface area contributed by atoms with Crippen molar-refractivity contribution in [3.8, 4) is 0 Å². The van der Waals surface area contributed by atoms with Crippen LogP contribution in [0.3, 0.4) is 0 Å². The maximum Gasteiger partial charge on any atom is 0.180 e. The van der Waals surface area contributed by atoms with Crippen molar-refractivity contribution in [3.63, 3.8) is 0 Å². The van der Waals surface area contributed by atoms with E-state index in [1.807, 2.05) is 0 Å². The van der Waals surface area contributed by atoms with Gasteiger partial charge in [-0.3, -0.25) is 0 Å². The van der Waals surface area contributed by atoms with E-state index in [1.54, 1.807) is 6.20 Å². The molecule has 0 saturated carbocycles. The maximum atomic E-state index is 13.1. The lowest BCUT2D eigenvalue weighted by Gasteiger charge is -2.06. The molecule has 2 aromatic rings. The van der Waals surface area contributed by atoms with Crippen molar-refractivity contribution in [2.45, 2.75) is 6.54 Å². The van der Waals surface area contributed by atoms with Crippen LogP contribution in [0.2, 0.25) is 10.0 Å². The molecule has 0 saturated heterocycles. The van der Waals surface area contributed by atoms with Gasteiger partial charge in [-0.2, -0.15) is 0 Å². The first-order valence-corrected chi connectivity index (χ1v) is 5.18. The van der Waals surface area contributed by atoms with Crippen LogP contribution in [-0.4, -0.2) is 4.98 Å². The highest BCUT2D eigenvalue weighted by molar-refractivity contribution is 6.35. The zero-order chi connectivity index (χ0) is 11.5. The molecule has 1 aromatic carbocycles. The van der Waals surface area contributed by atoms with E-state index in [2.05, 4.69) is 10.3 Å². The van der Waals surface area contributed by atoms with E-state index in [0.717, 1.165) is 0 Å². The minimum Gasteiger partial charge on any atom is -0.447 e. The SMILES string of the molecule is Fc1c(Cl)cc(NCc2cnco2)cc1Cl. The van der Waals surface area contributed by atoms with Crippen LogP contribution in [-0.2, 0) is 6.54 Å². The third-order valence-corrected chi connectivity index (χ3v) is 2.48. The first kappa shape index (κ1) is 11.2. The Morgan fingerprint density at radius 3 is 2.56 bits per heavy atom. The Bertz CT molecular complexity index is 465. The van der Waals surface area contributed by atoms with Gasteiger partial charge in [0.05, 0.1) is 22.8 Å². The second-order valence-corrected chi connectivity index (χ2v) is 3.89. The molecule has 1 aromatic heterocycles. The zero-order valence-electron chi connectivity index (χ0n) is 8.01. The number of oxazole rings is 1. The highest BCUT2D eigenvalue weighted by atomic mass is 35.5. The molecule has 1 heterocycles. The molecule has 16 heavy (non-hydrogen) atoms. The zero-order valence-corrected chi connectivity index (χ0v) is 9.52. The Labute approximate surface area is 101 Å². The summed E-state index contributed by atoms with van der Waals surface area (Å²) in [6, 6.07) is 2.91. The third-order valence-electron chi connectivity index (χ3n) is 1.93. The Morgan fingerprint density at radius 1 is 1.31 bits per heavy atom. The summed E-state index contributed by atoms with van der Waals surface area (Å²) >= 11 is 11.3. The van der Waals surface area contributed by atoms with Crippen molar-refractivity contribution in [3.05, 3.63) is 46.3 Å². The molecule has 0 spiro atoms. The van der Waals surface area contributed by atoms with Gasteiger partial charge in [0.2, 0.25) is 0 Å². The monoisotopic (exact) mass is 260 g/mol. The lowest BCUT2D eigenvalue weighted by atomic mass is 10.3. The molecular weight excluding hydrogens is 254 g/mol. The minimum absolute atomic E-state index is 0.0208. The molecule has 0 unspecified atom stereocenters. The van der Waals surface area contributed by atoms with Crippen molar-refractivity contribution in [1.29, 1.82) is 0 Å². The molecule has 84 valence electrons. The van der Waals surface area contributed by atoms with E-state index in [0.29, 0.717) is 18.0 Å². The van der Waals surface area contributed by atoms with Gasteiger partial charge in [-0.1, -0.05) is 23.2 Å². The van der Waals surface area contributed by atoms with E-state index in [9.17, 15) is 4.39 Å². The summed E-state index contributed by atoms with van der Waals surface area (Å²) < 4.78 is 18.1. The van der Waals surface area contributed by atoms with Crippen molar-refractivity contribution in [2.24, 2.45) is 0 Å². The van der Waals surface area contributed by atoms with Gasteiger partial charge in [-0.15, -0.1) is 0 Å². The number of hydrogen-bond acceptors (Lipinski definition) is 3. The Balaban J connectivity index is 2.10. The average Bonchev–Trinajstić information content (AvgIpc) is 2.75. The van der Waals surface area contributed by atoms with E-state index in [4.69, 9.17) is 27.6 Å². The molecule has 2 rings (SSSR count). The average molecular weight is 261 g/mol. The molecule has 3 nitrogen and oxygen atoms in total. The molecule has 1 N–H and O–H groups in total. The lowest BCUT2D eigenvalue weighted by molar-refractivity contribution is 0.511. The van der Waals surface area contributed by atoms with Crippen LogP contribution in [0.15, 0.2) is 29.1 Å². The molecule has 6 heteroatoms. The fraction of sp³-hybridized carbons (Fsp3) is 0.100. The summed E-state index contributed by atoms with van der Waals surface area (Å²) in [4.78, 5) is 3.76. The number of nitrogens with one attached hydrogen (secondary N) is 1. The number of nitrogens with zero attached hydrogens (tertiary/aromatic N) is 1. The molecule has 0 aliphatic carbocycles. The molecule has 0 radical (unpaired) electrons. The normalized spacial score (nSPS) is 10.4. The summed E-state index contributed by atoms with van der Waals surface area (Å²) in [6.45, 7) is 0.429. The summed E-state index contributed by atoms with van der Waals surface area (Å²) in [5.41, 5.74) is 0.618. The highest BCUT2D eigenvalue weighted by Crippen LogP contribution is 2.27. The van der Waals surface area contributed by atoms with Crippen LogP contribution in [0, 0.1) is 5.82 Å². The summed E-state index contributed by atoms with van der Waals surface area (Å²) in [7, 11) is 0. The van der Waals surface area contributed by atoms with Crippen LogP contribution < -0.4 is 5.32 Å². The Morgan fingerprint density at radius 2 is 2.00 bits per heavy atom. The molecule has 0 aliphatic heterocycles. The van der Waals surface area contributed by atoms with Crippen molar-refractivity contribution in [1.82, 2.24) is 4.98 Å². The van der Waals surface area contributed by atoms with E-state index < -0.39 is 5.82 Å². The van der Waals surface area contributed by atoms with Gasteiger partial charge >= 0.3 is 0 Å². The molecule has 0 bridgehead atoms. The molecule has 0 amide bonds. The molecule has 0 fully saturated rings. The highest BCUT2D eigenvalue weighted by Gasteiger charge is 2.07. The second kappa shape index (κ2) is 4.72. The van der Waals surface area contributed by atoms with E-state index >= 15 is 0 Å². The van der Waals surface area contributed by atoms with Crippen LogP contribution in [0.25, 0.3) is 0 Å². The summed E-state index contributed by atoms with van der Waals surface area (Å²) in [5, 5.41) is 2.95. The van der Waals surface area contributed by atoms with Crippen LogP contribution in [0.5, 0.6) is 0 Å². The van der Waals surface area contributed by atoms with Crippen molar-refractivity contribution < 1.29 is 8.81 Å². The first-order valence-electron chi connectivity index (χ1n) is 4.42. The van der Waals surface area contributed by atoms with Crippen LogP contribution in [0.4, 0.5) is 10.1 Å². The van der Waals surface area contributed by atoms with Gasteiger partial charge in [0.25, 0.3) is 0 Å². The molecule has 0 atom stereocenters. The summed E-state index contributed by atoms with van der Waals surface area (Å²) in [6.07, 6.45) is 2.92. The Hall–Kier alpha value is -1.26. The van der Waals surface area contributed by atoms with Crippen molar-refractivity contribution in [2.75, 3.05) is 5.32 Å². The molecular formula is C10H7Cl2FN2O. The fourth-order valence-corrected chi connectivity index (χ4v) is 1.66. The van der Waals surface area contributed by atoms with Gasteiger partial charge in [-0.25, -0.2) is 9.37 Å². The first-order chi connectivity index (χ1) is 7.66. The predicted molar refractivity (Wildman–Crippen MR) is 60.2 cm³/mol. The minimum atomic E-state index is -0.617. The van der Waals surface area contributed by atoms with Gasteiger partial charge in [-0.05, 0) is 12.1 Å². The smallest absolute Gasteiger partial charge is 0.180 e. The number of rotatable bonds is 3. The number of anilines is 1. The number of aromatic nitrogens is 1. The number of halogens is 3. The van der Waals surface area contributed by atoms with Crippen LogP contribution in [0.1, 0.15) is 5.76 Å².